The monoisotopic (exact) mass is 376 g/mol. The van der Waals surface area contributed by atoms with E-state index in [0.717, 1.165) is 16.5 Å². The third-order valence-electron chi connectivity index (χ3n) is 4.25. The standard InChI is InChI=1S/C18H24N4O5/c1-9(16(24)22-15(10(2)23)18(26)27)21-17(25)13(19)7-11-8-20-14-6-4-3-5-12(11)14/h3-6,8-10,13,15,20,23H,7,19H2,1-2H3,(H,21,25)(H,22,24)(H,26,27)/t9-,10+,13-,15-/m0/s1. The van der Waals surface area contributed by atoms with Gasteiger partial charge in [0.25, 0.3) is 0 Å². The number of hydrogen-bond acceptors (Lipinski definition) is 5. The van der Waals surface area contributed by atoms with Gasteiger partial charge in [0.2, 0.25) is 11.8 Å². The number of carboxylic acids is 1. The summed E-state index contributed by atoms with van der Waals surface area (Å²) in [6.07, 6.45) is 0.780. The van der Waals surface area contributed by atoms with Crippen LogP contribution < -0.4 is 16.4 Å². The summed E-state index contributed by atoms with van der Waals surface area (Å²) in [5, 5.41) is 24.0. The maximum absolute atomic E-state index is 12.3. The van der Waals surface area contributed by atoms with E-state index in [1.54, 1.807) is 6.20 Å². The van der Waals surface area contributed by atoms with Crippen LogP contribution in [0.1, 0.15) is 19.4 Å². The molecule has 0 aliphatic rings. The summed E-state index contributed by atoms with van der Waals surface area (Å²) < 4.78 is 0. The van der Waals surface area contributed by atoms with Crippen molar-refractivity contribution in [1.29, 1.82) is 0 Å². The Hall–Kier alpha value is -2.91. The first-order valence-electron chi connectivity index (χ1n) is 8.53. The molecule has 1 heterocycles. The number of nitrogens with one attached hydrogen (secondary N) is 3. The number of amides is 2. The maximum atomic E-state index is 12.3. The van der Waals surface area contributed by atoms with Gasteiger partial charge in [-0.2, -0.15) is 0 Å². The molecule has 0 radical (unpaired) electrons. The Labute approximate surface area is 155 Å². The molecule has 0 saturated carbocycles. The molecule has 0 unspecified atom stereocenters. The van der Waals surface area contributed by atoms with Gasteiger partial charge >= 0.3 is 5.97 Å². The molecule has 0 spiro atoms. The van der Waals surface area contributed by atoms with Gasteiger partial charge < -0.3 is 31.6 Å². The van der Waals surface area contributed by atoms with E-state index in [4.69, 9.17) is 10.8 Å². The second kappa shape index (κ2) is 8.65. The van der Waals surface area contributed by atoms with Crippen LogP contribution in [0.4, 0.5) is 0 Å². The van der Waals surface area contributed by atoms with Gasteiger partial charge in [0.05, 0.1) is 12.1 Å². The van der Waals surface area contributed by atoms with Crippen LogP contribution >= 0.6 is 0 Å². The quantitative estimate of drug-likeness (QED) is 0.364. The normalized spacial score (nSPS) is 15.6. The summed E-state index contributed by atoms with van der Waals surface area (Å²) in [6.45, 7) is 2.66. The Bertz CT molecular complexity index is 832. The number of nitrogens with two attached hydrogens (primary N) is 1. The number of carbonyl (C=O) groups excluding carboxylic acids is 2. The molecule has 0 saturated heterocycles. The molecule has 0 fully saturated rings. The second-order valence-corrected chi connectivity index (χ2v) is 6.47. The van der Waals surface area contributed by atoms with Crippen LogP contribution in [0, 0.1) is 0 Å². The molecule has 2 aromatic rings. The fourth-order valence-electron chi connectivity index (χ4n) is 2.68. The number of aliphatic carboxylic acids is 1. The highest BCUT2D eigenvalue weighted by Crippen LogP contribution is 2.18. The minimum absolute atomic E-state index is 0.273. The Morgan fingerprint density at radius 3 is 2.44 bits per heavy atom. The van der Waals surface area contributed by atoms with E-state index in [1.165, 1.54) is 13.8 Å². The zero-order valence-electron chi connectivity index (χ0n) is 15.1. The molecule has 27 heavy (non-hydrogen) atoms. The zero-order valence-corrected chi connectivity index (χ0v) is 15.1. The highest BCUT2D eigenvalue weighted by molar-refractivity contribution is 5.92. The van der Waals surface area contributed by atoms with Gasteiger partial charge in [0.1, 0.15) is 6.04 Å². The molecule has 0 bridgehead atoms. The van der Waals surface area contributed by atoms with Gasteiger partial charge in [-0.05, 0) is 31.9 Å². The SMILES string of the molecule is C[C@H](NC(=O)[C@@H](N)Cc1c[nH]c2ccccc12)C(=O)N[C@H](C(=O)O)[C@@H](C)O. The first-order chi connectivity index (χ1) is 12.7. The lowest BCUT2D eigenvalue weighted by molar-refractivity contribution is -0.145. The molecule has 2 amide bonds. The molecule has 1 aromatic carbocycles. The van der Waals surface area contributed by atoms with Gasteiger partial charge in [-0.15, -0.1) is 0 Å². The molecular weight excluding hydrogens is 352 g/mol. The van der Waals surface area contributed by atoms with Crippen LogP contribution in [-0.4, -0.2) is 57.2 Å². The smallest absolute Gasteiger partial charge is 0.328 e. The Balaban J connectivity index is 1.95. The number of carbonyl (C=O) groups is 3. The van der Waals surface area contributed by atoms with Gasteiger partial charge in [-0.1, -0.05) is 18.2 Å². The summed E-state index contributed by atoms with van der Waals surface area (Å²) in [5.74, 6) is -2.63. The number of rotatable bonds is 8. The minimum atomic E-state index is -1.46. The van der Waals surface area contributed by atoms with E-state index in [2.05, 4.69) is 15.6 Å². The van der Waals surface area contributed by atoms with Crippen LogP contribution in [0.25, 0.3) is 10.9 Å². The number of aliphatic hydroxyl groups excluding tert-OH is 1. The zero-order chi connectivity index (χ0) is 20.1. The number of aliphatic hydroxyl groups is 1. The highest BCUT2D eigenvalue weighted by atomic mass is 16.4. The fourth-order valence-corrected chi connectivity index (χ4v) is 2.68. The Kier molecular flexibility index (Phi) is 6.54. The number of hydrogen-bond donors (Lipinski definition) is 6. The van der Waals surface area contributed by atoms with Gasteiger partial charge in [-0.3, -0.25) is 9.59 Å². The fraction of sp³-hybridized carbons (Fsp3) is 0.389. The summed E-state index contributed by atoms with van der Waals surface area (Å²) in [5.41, 5.74) is 7.77. The number of para-hydroxylation sites is 1. The summed E-state index contributed by atoms with van der Waals surface area (Å²) in [4.78, 5) is 38.5. The molecule has 146 valence electrons. The number of fused-ring (bicyclic) bond motifs is 1. The topological polar surface area (TPSA) is 158 Å². The summed E-state index contributed by atoms with van der Waals surface area (Å²) >= 11 is 0. The first-order valence-corrected chi connectivity index (χ1v) is 8.53. The largest absolute Gasteiger partial charge is 0.480 e. The molecule has 4 atom stereocenters. The lowest BCUT2D eigenvalue weighted by Crippen LogP contribution is -2.55. The average molecular weight is 376 g/mol. The molecule has 0 aliphatic heterocycles. The van der Waals surface area contributed by atoms with Crippen molar-refractivity contribution in [3.8, 4) is 0 Å². The van der Waals surface area contributed by atoms with E-state index in [-0.39, 0.29) is 6.42 Å². The van der Waals surface area contributed by atoms with Crippen molar-refractivity contribution in [2.75, 3.05) is 0 Å². The third kappa shape index (κ3) is 5.05. The van der Waals surface area contributed by atoms with Crippen molar-refractivity contribution in [3.63, 3.8) is 0 Å². The lowest BCUT2D eigenvalue weighted by atomic mass is 10.0. The number of carboxylic acid groups (broad SMARTS) is 1. The van der Waals surface area contributed by atoms with Crippen LogP contribution in [-0.2, 0) is 20.8 Å². The van der Waals surface area contributed by atoms with Crippen molar-refractivity contribution in [2.24, 2.45) is 5.73 Å². The van der Waals surface area contributed by atoms with Crippen molar-refractivity contribution in [1.82, 2.24) is 15.6 Å². The van der Waals surface area contributed by atoms with E-state index < -0.39 is 42.0 Å². The lowest BCUT2D eigenvalue weighted by Gasteiger charge is -2.21. The van der Waals surface area contributed by atoms with Crippen LogP contribution in [0.3, 0.4) is 0 Å². The van der Waals surface area contributed by atoms with Crippen molar-refractivity contribution < 1.29 is 24.6 Å². The van der Waals surface area contributed by atoms with E-state index in [1.807, 2.05) is 24.3 Å². The number of H-pyrrole nitrogens is 1. The summed E-state index contributed by atoms with van der Waals surface area (Å²) in [7, 11) is 0. The van der Waals surface area contributed by atoms with Gasteiger partial charge in [0, 0.05) is 17.1 Å². The van der Waals surface area contributed by atoms with Gasteiger partial charge in [-0.25, -0.2) is 4.79 Å². The van der Waals surface area contributed by atoms with Crippen molar-refractivity contribution in [2.45, 2.75) is 44.5 Å². The van der Waals surface area contributed by atoms with Crippen LogP contribution in [0.5, 0.6) is 0 Å². The summed E-state index contributed by atoms with van der Waals surface area (Å²) in [6, 6.07) is 4.27. The predicted molar refractivity (Wildman–Crippen MR) is 98.8 cm³/mol. The molecule has 0 aliphatic carbocycles. The Morgan fingerprint density at radius 2 is 1.81 bits per heavy atom. The minimum Gasteiger partial charge on any atom is -0.480 e. The molecular formula is C18H24N4O5. The van der Waals surface area contributed by atoms with Gasteiger partial charge in [0.15, 0.2) is 6.04 Å². The number of aromatic amines is 1. The van der Waals surface area contributed by atoms with Crippen molar-refractivity contribution in [3.05, 3.63) is 36.0 Å². The molecule has 1 aromatic heterocycles. The highest BCUT2D eigenvalue weighted by Gasteiger charge is 2.28. The number of aromatic nitrogens is 1. The van der Waals surface area contributed by atoms with E-state index >= 15 is 0 Å². The van der Waals surface area contributed by atoms with E-state index in [9.17, 15) is 19.5 Å². The third-order valence-corrected chi connectivity index (χ3v) is 4.25. The molecule has 2 rings (SSSR count). The van der Waals surface area contributed by atoms with Crippen molar-refractivity contribution >= 4 is 28.7 Å². The molecule has 7 N–H and O–H groups in total. The molecule has 9 nitrogen and oxygen atoms in total. The Morgan fingerprint density at radius 1 is 1.15 bits per heavy atom. The number of benzene rings is 1. The second-order valence-electron chi connectivity index (χ2n) is 6.47. The predicted octanol–water partition coefficient (Wildman–Crippen LogP) is -0.507. The maximum Gasteiger partial charge on any atom is 0.328 e. The van der Waals surface area contributed by atoms with E-state index in [0.29, 0.717) is 0 Å². The first kappa shape index (κ1) is 20.4. The average Bonchev–Trinajstić information content (AvgIpc) is 3.01. The molecule has 9 heteroatoms. The van der Waals surface area contributed by atoms with Crippen LogP contribution in [0.2, 0.25) is 0 Å². The van der Waals surface area contributed by atoms with Crippen LogP contribution in [0.15, 0.2) is 30.5 Å².